The average Bonchev–Trinajstić information content (AvgIpc) is 3.35. The number of anilines is 1. The predicted molar refractivity (Wildman–Crippen MR) is 137 cm³/mol. The molecule has 2 amide bonds. The molecule has 12 heteroatoms. The maximum atomic E-state index is 13.2. The normalized spacial score (nSPS) is 11.1. The van der Waals surface area contributed by atoms with Crippen LogP contribution >= 0.6 is 0 Å². The van der Waals surface area contributed by atoms with E-state index in [1.165, 1.54) is 41.5 Å². The maximum absolute atomic E-state index is 13.2. The summed E-state index contributed by atoms with van der Waals surface area (Å²) < 4.78 is 1.23. The van der Waals surface area contributed by atoms with Crippen LogP contribution in [0, 0.1) is 0 Å². The number of benzene rings is 3. The van der Waals surface area contributed by atoms with E-state index in [2.05, 4.69) is 30.6 Å². The first-order chi connectivity index (χ1) is 18.5. The number of primary amides is 1. The number of rotatable bonds is 7. The van der Waals surface area contributed by atoms with Crippen molar-refractivity contribution in [3.05, 3.63) is 95.9 Å². The molecule has 4 N–H and O–H groups in total. The Morgan fingerprint density at radius 3 is 2.47 bits per heavy atom. The Balaban J connectivity index is 1.61. The molecule has 0 saturated heterocycles. The number of amides is 2. The van der Waals surface area contributed by atoms with Crippen molar-refractivity contribution >= 4 is 46.1 Å². The second kappa shape index (κ2) is 10.1. The van der Waals surface area contributed by atoms with Crippen molar-refractivity contribution in [1.82, 2.24) is 19.7 Å². The molecule has 5 rings (SSSR count). The summed E-state index contributed by atoms with van der Waals surface area (Å²) in [6.07, 6.45) is 4.85. The van der Waals surface area contributed by atoms with Crippen molar-refractivity contribution in [3.63, 3.8) is 0 Å². The number of nitrogens with zero attached hydrogens (tertiary/aromatic N) is 6. The molecule has 0 saturated carbocycles. The maximum Gasteiger partial charge on any atom is 0.259 e. The topological polar surface area (TPSA) is 178 Å². The lowest BCUT2D eigenvalue weighted by atomic mass is 10.0. The van der Waals surface area contributed by atoms with Gasteiger partial charge in [0, 0.05) is 17.8 Å². The highest BCUT2D eigenvalue weighted by atomic mass is 16.3. The van der Waals surface area contributed by atoms with Crippen LogP contribution in [0.15, 0.2) is 89.5 Å². The summed E-state index contributed by atoms with van der Waals surface area (Å²) in [5, 5.41) is 27.3. The Kier molecular flexibility index (Phi) is 6.34. The molecule has 5 aromatic rings. The molecule has 0 unspecified atom stereocenters. The van der Waals surface area contributed by atoms with Crippen LogP contribution in [0.3, 0.4) is 0 Å². The summed E-state index contributed by atoms with van der Waals surface area (Å²) in [6.45, 7) is 0. The van der Waals surface area contributed by atoms with Crippen LogP contribution in [0.1, 0.15) is 31.1 Å². The zero-order valence-electron chi connectivity index (χ0n) is 19.5. The molecule has 0 aliphatic rings. The first-order valence-corrected chi connectivity index (χ1v) is 11.1. The zero-order valence-corrected chi connectivity index (χ0v) is 19.5. The van der Waals surface area contributed by atoms with Gasteiger partial charge in [-0.2, -0.15) is 9.78 Å². The first-order valence-electron chi connectivity index (χ1n) is 11.1. The number of aromatic nitrogens is 4. The zero-order chi connectivity index (χ0) is 26.6. The van der Waals surface area contributed by atoms with E-state index in [-0.39, 0.29) is 39.8 Å². The number of hydrogen-bond donors (Lipinski definition) is 3. The second-order valence-electron chi connectivity index (χ2n) is 7.91. The van der Waals surface area contributed by atoms with Gasteiger partial charge in [0.2, 0.25) is 0 Å². The van der Waals surface area contributed by atoms with Crippen LogP contribution < -0.4 is 11.1 Å². The van der Waals surface area contributed by atoms with Gasteiger partial charge in [0.15, 0.2) is 17.9 Å². The lowest BCUT2D eigenvalue weighted by Gasteiger charge is -2.12. The van der Waals surface area contributed by atoms with Gasteiger partial charge < -0.3 is 16.2 Å². The number of phenols is 1. The Labute approximate surface area is 214 Å². The molecule has 2 heterocycles. The van der Waals surface area contributed by atoms with Crippen molar-refractivity contribution in [2.24, 2.45) is 16.0 Å². The molecule has 0 aliphatic carbocycles. The highest BCUT2D eigenvalue weighted by Gasteiger charge is 2.21. The van der Waals surface area contributed by atoms with Gasteiger partial charge in [0.25, 0.3) is 17.8 Å². The molecule has 0 fully saturated rings. The van der Waals surface area contributed by atoms with E-state index in [9.17, 15) is 19.5 Å². The van der Waals surface area contributed by atoms with Crippen molar-refractivity contribution in [1.29, 1.82) is 0 Å². The average molecular weight is 506 g/mol. The van der Waals surface area contributed by atoms with E-state index >= 15 is 0 Å². The minimum absolute atomic E-state index is 0.0185. The summed E-state index contributed by atoms with van der Waals surface area (Å²) in [7, 11) is 0. The van der Waals surface area contributed by atoms with Gasteiger partial charge in [-0.3, -0.25) is 14.4 Å². The molecule has 0 spiro atoms. The fourth-order valence-electron chi connectivity index (χ4n) is 3.77. The molecule has 0 radical (unpaired) electrons. The van der Waals surface area contributed by atoms with Crippen LogP contribution in [0.25, 0.3) is 16.7 Å². The Morgan fingerprint density at radius 1 is 0.974 bits per heavy atom. The lowest BCUT2D eigenvalue weighted by molar-refractivity contribution is 0.100. The van der Waals surface area contributed by atoms with Gasteiger partial charge in [0.05, 0.1) is 28.6 Å². The number of nitrogens with one attached hydrogen (secondary N) is 1. The molecule has 0 aliphatic heterocycles. The lowest BCUT2D eigenvalue weighted by Crippen LogP contribution is -2.18. The van der Waals surface area contributed by atoms with Gasteiger partial charge in [-0.15, -0.1) is 10.2 Å². The molecule has 3 aromatic carbocycles. The smallest absolute Gasteiger partial charge is 0.259 e. The molecular formula is C26H18N8O4. The number of carbonyl (C=O) groups excluding carboxylic acids is 3. The quantitative estimate of drug-likeness (QED) is 0.220. The molecule has 186 valence electrons. The van der Waals surface area contributed by atoms with Crippen LogP contribution in [0.4, 0.5) is 17.2 Å². The number of azo groups is 1. The highest BCUT2D eigenvalue weighted by molar-refractivity contribution is 6.13. The van der Waals surface area contributed by atoms with Crippen LogP contribution in [-0.2, 0) is 0 Å². The second-order valence-corrected chi connectivity index (χ2v) is 7.91. The Morgan fingerprint density at radius 2 is 1.71 bits per heavy atom. The molecule has 12 nitrogen and oxygen atoms in total. The highest BCUT2D eigenvalue weighted by Crippen LogP contribution is 2.40. The van der Waals surface area contributed by atoms with Crippen LogP contribution in [0.2, 0.25) is 0 Å². The number of aromatic hydroxyl groups is 1. The minimum atomic E-state index is -0.719. The number of aldehydes is 1. The number of carbonyl (C=O) groups is 3. The number of para-hydroxylation sites is 1. The third-order valence-corrected chi connectivity index (χ3v) is 5.56. The number of phenolic OH excluding ortho intramolecular Hbond substituents is 1. The summed E-state index contributed by atoms with van der Waals surface area (Å²) in [6, 6.07) is 16.3. The fraction of sp³-hybridized carbons (Fsp3) is 0. The monoisotopic (exact) mass is 506 g/mol. The molecule has 0 atom stereocenters. The number of nitrogens with two attached hydrogens (primary N) is 1. The Bertz CT molecular complexity index is 1730. The van der Waals surface area contributed by atoms with E-state index in [1.807, 2.05) is 0 Å². The number of hydrogen-bond acceptors (Lipinski definition) is 9. The largest absolute Gasteiger partial charge is 0.505 e. The Hall–Kier alpha value is -5.78. The van der Waals surface area contributed by atoms with Crippen molar-refractivity contribution in [2.45, 2.75) is 0 Å². The first kappa shape index (κ1) is 23.9. The molecule has 2 aromatic heterocycles. The van der Waals surface area contributed by atoms with Crippen molar-refractivity contribution in [2.75, 3.05) is 5.32 Å². The molecule has 38 heavy (non-hydrogen) atoms. The van der Waals surface area contributed by atoms with Crippen molar-refractivity contribution < 1.29 is 19.5 Å². The summed E-state index contributed by atoms with van der Waals surface area (Å²) >= 11 is 0. The SMILES string of the molecule is NC(=O)c1ccccc1NC(=O)c1cc2ccccc2c(/N=N/c2c(C=O)cnn2-c2ncccn2)c1O. The summed E-state index contributed by atoms with van der Waals surface area (Å²) in [5.74, 6) is -1.70. The molecular weight excluding hydrogens is 488 g/mol. The van der Waals surface area contributed by atoms with Gasteiger partial charge in [-0.1, -0.05) is 36.4 Å². The van der Waals surface area contributed by atoms with E-state index in [1.54, 1.807) is 42.5 Å². The van der Waals surface area contributed by atoms with E-state index in [0.717, 1.165) is 0 Å². The predicted octanol–water partition coefficient (Wildman–Crippen LogP) is 4.10. The summed E-state index contributed by atoms with van der Waals surface area (Å²) in [5.41, 5.74) is 5.68. The van der Waals surface area contributed by atoms with E-state index in [4.69, 9.17) is 5.73 Å². The van der Waals surface area contributed by atoms with Crippen LogP contribution in [-0.4, -0.2) is 43.0 Å². The van der Waals surface area contributed by atoms with Gasteiger partial charge >= 0.3 is 0 Å². The van der Waals surface area contributed by atoms with Gasteiger partial charge in [-0.25, -0.2) is 9.97 Å². The van der Waals surface area contributed by atoms with Gasteiger partial charge in [-0.05, 0) is 29.7 Å². The number of fused-ring (bicyclic) bond motifs is 1. The minimum Gasteiger partial charge on any atom is -0.505 e. The third kappa shape index (κ3) is 4.44. The third-order valence-electron chi connectivity index (χ3n) is 5.56. The van der Waals surface area contributed by atoms with Gasteiger partial charge in [0.1, 0.15) is 5.69 Å². The van der Waals surface area contributed by atoms with Crippen molar-refractivity contribution in [3.8, 4) is 11.7 Å². The summed E-state index contributed by atoms with van der Waals surface area (Å²) in [4.78, 5) is 44.8. The van der Waals surface area contributed by atoms with E-state index < -0.39 is 17.6 Å². The molecule has 0 bridgehead atoms. The van der Waals surface area contributed by atoms with Crippen LogP contribution in [0.5, 0.6) is 5.75 Å². The van der Waals surface area contributed by atoms with E-state index in [0.29, 0.717) is 17.1 Å². The fourth-order valence-corrected chi connectivity index (χ4v) is 3.77. The standard InChI is InChI=1S/C26H18N8O4/c27-23(37)18-8-3-4-9-20(18)31-25(38)19-12-15-6-1-2-7-17(15)21(22(19)36)32-33-24-16(14-35)13-30-34(24)26-28-10-5-11-29-26/h1-14,36H,(H2,27,37)(H,31,38)/b33-32+.